The molecule has 2 N–H and O–H groups in total. The molecular weight excluding hydrogens is 461 g/mol. The lowest BCUT2D eigenvalue weighted by Gasteiger charge is -2.31. The van der Waals surface area contributed by atoms with Crippen LogP contribution in [0.15, 0.2) is 30.6 Å². The predicted molar refractivity (Wildman–Crippen MR) is 135 cm³/mol. The Hall–Kier alpha value is -2.80. The lowest BCUT2D eigenvalue weighted by molar-refractivity contribution is 0.0191. The predicted octanol–water partition coefficient (Wildman–Crippen LogP) is 4.33. The van der Waals surface area contributed by atoms with Gasteiger partial charge in [0.15, 0.2) is 5.82 Å². The molecule has 4 rings (SSSR count). The number of aromatic nitrogens is 2. The molecule has 0 bridgehead atoms. The number of nitrogens with one attached hydrogen (secondary N) is 2. The summed E-state index contributed by atoms with van der Waals surface area (Å²) in [5.41, 5.74) is 0.271. The van der Waals surface area contributed by atoms with Crippen molar-refractivity contribution in [2.75, 3.05) is 38.9 Å². The summed E-state index contributed by atoms with van der Waals surface area (Å²) in [5, 5.41) is 16.8. The van der Waals surface area contributed by atoms with Gasteiger partial charge >= 0.3 is 0 Å². The second kappa shape index (κ2) is 12.4. The Labute approximate surface area is 212 Å². The van der Waals surface area contributed by atoms with Crippen molar-refractivity contribution in [3.8, 4) is 23.1 Å². The Morgan fingerprint density at radius 1 is 1.19 bits per heavy atom. The molecule has 36 heavy (non-hydrogen) atoms. The van der Waals surface area contributed by atoms with Crippen LogP contribution < -0.4 is 15.4 Å². The highest BCUT2D eigenvalue weighted by Crippen LogP contribution is 2.32. The average Bonchev–Trinajstić information content (AvgIpc) is 2.90. The molecule has 2 aliphatic rings. The maximum absolute atomic E-state index is 14.7. The number of pyridine rings is 2. The van der Waals surface area contributed by atoms with Gasteiger partial charge in [-0.05, 0) is 57.6 Å². The smallest absolute Gasteiger partial charge is 0.151 e. The fourth-order valence-corrected chi connectivity index (χ4v) is 4.95. The normalized spacial score (nSPS) is 22.4. The molecule has 1 unspecified atom stereocenters. The summed E-state index contributed by atoms with van der Waals surface area (Å²) in [7, 11) is 1.72. The van der Waals surface area contributed by atoms with E-state index in [1.165, 1.54) is 6.20 Å². The van der Waals surface area contributed by atoms with Gasteiger partial charge in [-0.2, -0.15) is 5.26 Å². The monoisotopic (exact) mass is 497 g/mol. The van der Waals surface area contributed by atoms with E-state index in [1.54, 1.807) is 31.5 Å². The van der Waals surface area contributed by atoms with Crippen LogP contribution in [0.4, 0.5) is 10.2 Å². The van der Waals surface area contributed by atoms with Gasteiger partial charge in [0, 0.05) is 56.3 Å². The highest BCUT2D eigenvalue weighted by atomic mass is 19.1. The minimum Gasteiger partial charge on any atom is -0.492 e. The van der Waals surface area contributed by atoms with Gasteiger partial charge in [-0.1, -0.05) is 0 Å². The molecule has 1 atom stereocenters. The van der Waals surface area contributed by atoms with Gasteiger partial charge in [0.1, 0.15) is 18.2 Å². The lowest BCUT2D eigenvalue weighted by Crippen LogP contribution is -2.42. The van der Waals surface area contributed by atoms with Crippen LogP contribution in [0.2, 0.25) is 0 Å². The minimum absolute atomic E-state index is 0.268. The van der Waals surface area contributed by atoms with E-state index in [0.29, 0.717) is 67.6 Å². The maximum Gasteiger partial charge on any atom is 0.151 e. The van der Waals surface area contributed by atoms with Gasteiger partial charge in [-0.3, -0.25) is 4.98 Å². The first kappa shape index (κ1) is 26.3. The van der Waals surface area contributed by atoms with E-state index < -0.39 is 11.2 Å². The van der Waals surface area contributed by atoms with E-state index >= 15 is 0 Å². The zero-order chi connectivity index (χ0) is 25.4. The Morgan fingerprint density at radius 3 is 2.67 bits per heavy atom. The molecular formula is C27H36FN5O3. The molecule has 1 aliphatic heterocycles. The SMILES string of the molecule is COCC(C)NC1CCC(Nc2cc(-c3cc(OCC4(C#N)CCOCC4)ccn3)c(F)cn2)CC1. The lowest BCUT2D eigenvalue weighted by atomic mass is 9.83. The molecule has 1 aliphatic carbocycles. The molecule has 0 radical (unpaired) electrons. The summed E-state index contributed by atoms with van der Waals surface area (Å²) in [5.74, 6) is 0.748. The van der Waals surface area contributed by atoms with Crippen LogP contribution >= 0.6 is 0 Å². The second-order valence-electron chi connectivity index (χ2n) is 9.94. The van der Waals surface area contributed by atoms with Crippen molar-refractivity contribution < 1.29 is 18.6 Å². The number of ether oxygens (including phenoxy) is 3. The van der Waals surface area contributed by atoms with Gasteiger partial charge in [0.05, 0.1) is 30.0 Å². The zero-order valence-electron chi connectivity index (χ0n) is 21.1. The zero-order valence-corrected chi connectivity index (χ0v) is 21.1. The van der Waals surface area contributed by atoms with Crippen molar-refractivity contribution >= 4 is 5.82 Å². The molecule has 0 amide bonds. The van der Waals surface area contributed by atoms with Crippen LogP contribution in [-0.4, -0.2) is 61.6 Å². The number of nitrogens with zero attached hydrogens (tertiary/aromatic N) is 3. The van der Waals surface area contributed by atoms with Crippen LogP contribution in [0.25, 0.3) is 11.3 Å². The van der Waals surface area contributed by atoms with E-state index in [9.17, 15) is 9.65 Å². The number of methoxy groups -OCH3 is 1. The first-order valence-corrected chi connectivity index (χ1v) is 12.8. The number of anilines is 1. The average molecular weight is 498 g/mol. The molecule has 194 valence electrons. The molecule has 1 saturated carbocycles. The highest BCUT2D eigenvalue weighted by Gasteiger charge is 2.33. The number of rotatable bonds is 10. The topological polar surface area (TPSA) is 101 Å². The van der Waals surface area contributed by atoms with Crippen LogP contribution in [0, 0.1) is 22.6 Å². The standard InChI is InChI=1S/C27H36FN5O3/c1-19(16-34-2)32-20-3-5-21(6-4-20)33-26-14-23(24(28)15-31-26)25-13-22(7-10-30-25)36-18-27(17-29)8-11-35-12-9-27/h7,10,13-15,19-21,32H,3-6,8-9,11-12,16,18H2,1-2H3,(H,31,33). The quantitative estimate of drug-likeness (QED) is 0.500. The fourth-order valence-electron chi connectivity index (χ4n) is 4.95. The molecule has 2 aromatic heterocycles. The third kappa shape index (κ3) is 6.90. The summed E-state index contributed by atoms with van der Waals surface area (Å²) >= 11 is 0. The van der Waals surface area contributed by atoms with Gasteiger partial charge < -0.3 is 24.8 Å². The summed E-state index contributed by atoms with van der Waals surface area (Å²) in [6, 6.07) is 8.66. The Bertz CT molecular complexity index is 1030. The highest BCUT2D eigenvalue weighted by molar-refractivity contribution is 5.64. The van der Waals surface area contributed by atoms with E-state index in [4.69, 9.17) is 14.2 Å². The van der Waals surface area contributed by atoms with Crippen molar-refractivity contribution in [3.63, 3.8) is 0 Å². The number of hydrogen-bond acceptors (Lipinski definition) is 8. The van der Waals surface area contributed by atoms with Crippen molar-refractivity contribution in [3.05, 3.63) is 36.4 Å². The maximum atomic E-state index is 14.7. The van der Waals surface area contributed by atoms with E-state index in [-0.39, 0.29) is 12.6 Å². The number of nitriles is 1. The van der Waals surface area contributed by atoms with Crippen molar-refractivity contribution in [1.29, 1.82) is 5.26 Å². The van der Waals surface area contributed by atoms with Crippen LogP contribution in [0.5, 0.6) is 5.75 Å². The first-order valence-electron chi connectivity index (χ1n) is 12.8. The van der Waals surface area contributed by atoms with Crippen molar-refractivity contribution in [2.45, 2.75) is 63.6 Å². The third-order valence-corrected chi connectivity index (χ3v) is 7.08. The summed E-state index contributed by atoms with van der Waals surface area (Å²) < 4.78 is 31.3. The second-order valence-corrected chi connectivity index (χ2v) is 9.94. The summed E-state index contributed by atoms with van der Waals surface area (Å²) in [6.07, 6.45) is 8.27. The molecule has 2 aromatic rings. The van der Waals surface area contributed by atoms with Crippen molar-refractivity contribution in [1.82, 2.24) is 15.3 Å². The fraction of sp³-hybridized carbons (Fsp3) is 0.593. The van der Waals surface area contributed by atoms with Crippen LogP contribution in [-0.2, 0) is 9.47 Å². The molecule has 3 heterocycles. The third-order valence-electron chi connectivity index (χ3n) is 7.08. The van der Waals surface area contributed by atoms with Gasteiger partial charge in [0.2, 0.25) is 0 Å². The molecule has 2 fully saturated rings. The van der Waals surface area contributed by atoms with Crippen LogP contribution in [0.1, 0.15) is 45.4 Å². The van der Waals surface area contributed by atoms with Gasteiger partial charge in [-0.15, -0.1) is 0 Å². The van der Waals surface area contributed by atoms with Crippen molar-refractivity contribution in [2.24, 2.45) is 5.41 Å². The Balaban J connectivity index is 1.37. The molecule has 9 heteroatoms. The Morgan fingerprint density at radius 2 is 1.94 bits per heavy atom. The Kier molecular flexibility index (Phi) is 9.08. The van der Waals surface area contributed by atoms with Gasteiger partial charge in [0.25, 0.3) is 0 Å². The van der Waals surface area contributed by atoms with E-state index in [0.717, 1.165) is 25.7 Å². The molecule has 1 saturated heterocycles. The number of halogens is 1. The summed E-state index contributed by atoms with van der Waals surface area (Å²) in [6.45, 7) is 4.22. The van der Waals surface area contributed by atoms with Crippen LogP contribution in [0.3, 0.4) is 0 Å². The first-order chi connectivity index (χ1) is 17.5. The van der Waals surface area contributed by atoms with E-state index in [1.807, 2.05) is 0 Å². The molecule has 0 spiro atoms. The largest absolute Gasteiger partial charge is 0.492 e. The van der Waals surface area contributed by atoms with E-state index in [2.05, 4.69) is 33.6 Å². The van der Waals surface area contributed by atoms with Gasteiger partial charge in [-0.25, -0.2) is 9.37 Å². The molecule has 8 nitrogen and oxygen atoms in total. The number of hydrogen-bond donors (Lipinski definition) is 2. The minimum atomic E-state index is -0.558. The molecule has 0 aromatic carbocycles. The summed E-state index contributed by atoms with van der Waals surface area (Å²) in [4.78, 5) is 8.63.